The van der Waals surface area contributed by atoms with Crippen LogP contribution >= 0.6 is 0 Å². The van der Waals surface area contributed by atoms with Crippen molar-refractivity contribution in [3.05, 3.63) is 29.8 Å². The summed E-state index contributed by atoms with van der Waals surface area (Å²) in [6.45, 7) is 1.68. The SMILES string of the molecule is CC1=NNC(=O)C1C(c1ccc(O)cc1)C(C#N)C#N. The van der Waals surface area contributed by atoms with Gasteiger partial charge in [0.25, 0.3) is 0 Å². The number of nitrogens with one attached hydrogen (secondary N) is 1. The quantitative estimate of drug-likeness (QED) is 0.859. The van der Waals surface area contributed by atoms with Gasteiger partial charge in [-0.25, -0.2) is 5.43 Å². The Morgan fingerprint density at radius 3 is 2.35 bits per heavy atom. The minimum Gasteiger partial charge on any atom is -0.508 e. The zero-order valence-corrected chi connectivity index (χ0v) is 10.7. The molecule has 1 aromatic rings. The third-order valence-corrected chi connectivity index (χ3v) is 3.35. The Bertz CT molecular complexity index is 623. The number of hydrazone groups is 1. The molecule has 0 aliphatic carbocycles. The van der Waals surface area contributed by atoms with Crippen molar-refractivity contribution >= 4 is 11.6 Å². The summed E-state index contributed by atoms with van der Waals surface area (Å²) in [5, 5.41) is 31.5. The van der Waals surface area contributed by atoms with E-state index < -0.39 is 17.8 Å². The normalized spacial score (nSPS) is 18.9. The van der Waals surface area contributed by atoms with Crippen molar-refractivity contribution in [2.24, 2.45) is 16.9 Å². The number of carbonyl (C=O) groups is 1. The summed E-state index contributed by atoms with van der Waals surface area (Å²) in [6.07, 6.45) is 0. The number of hydrogen-bond donors (Lipinski definition) is 2. The largest absolute Gasteiger partial charge is 0.508 e. The van der Waals surface area contributed by atoms with Crippen LogP contribution < -0.4 is 5.43 Å². The highest BCUT2D eigenvalue weighted by Crippen LogP contribution is 2.35. The molecule has 0 saturated heterocycles. The highest BCUT2D eigenvalue weighted by atomic mass is 16.3. The molecule has 0 fully saturated rings. The molecular formula is C14H12N4O2. The van der Waals surface area contributed by atoms with Crippen LogP contribution in [0.5, 0.6) is 5.75 Å². The Morgan fingerprint density at radius 2 is 1.90 bits per heavy atom. The van der Waals surface area contributed by atoms with Crippen molar-refractivity contribution in [3.63, 3.8) is 0 Å². The maximum Gasteiger partial charge on any atom is 0.249 e. The average molecular weight is 268 g/mol. The molecule has 0 aromatic heterocycles. The molecule has 0 saturated carbocycles. The minimum atomic E-state index is -0.974. The van der Waals surface area contributed by atoms with Crippen molar-refractivity contribution in [3.8, 4) is 17.9 Å². The van der Waals surface area contributed by atoms with Crippen molar-refractivity contribution in [1.82, 2.24) is 5.43 Å². The molecule has 1 amide bonds. The number of phenolic OH excluding ortho intramolecular Hbond substituents is 1. The van der Waals surface area contributed by atoms with Crippen molar-refractivity contribution in [2.75, 3.05) is 0 Å². The van der Waals surface area contributed by atoms with Gasteiger partial charge >= 0.3 is 0 Å². The van der Waals surface area contributed by atoms with Crippen LogP contribution in [0.3, 0.4) is 0 Å². The highest BCUT2D eigenvalue weighted by molar-refractivity contribution is 6.07. The molecule has 1 aromatic carbocycles. The number of aromatic hydroxyl groups is 1. The summed E-state index contributed by atoms with van der Waals surface area (Å²) < 4.78 is 0. The molecule has 0 spiro atoms. The summed E-state index contributed by atoms with van der Waals surface area (Å²) >= 11 is 0. The second-order valence-corrected chi connectivity index (χ2v) is 4.56. The highest BCUT2D eigenvalue weighted by Gasteiger charge is 2.40. The second-order valence-electron chi connectivity index (χ2n) is 4.56. The lowest BCUT2D eigenvalue weighted by Gasteiger charge is -2.23. The Balaban J connectivity index is 2.48. The van der Waals surface area contributed by atoms with Crippen LogP contribution in [-0.4, -0.2) is 16.7 Å². The molecule has 1 heterocycles. The van der Waals surface area contributed by atoms with Gasteiger partial charge in [-0.3, -0.25) is 4.79 Å². The molecule has 6 nitrogen and oxygen atoms in total. The Labute approximate surface area is 116 Å². The van der Waals surface area contributed by atoms with Crippen LogP contribution in [0.4, 0.5) is 0 Å². The number of hydrogen-bond acceptors (Lipinski definition) is 5. The summed E-state index contributed by atoms with van der Waals surface area (Å²) in [5.74, 6) is -2.48. The van der Waals surface area contributed by atoms with Gasteiger partial charge < -0.3 is 5.11 Å². The number of phenols is 1. The zero-order valence-electron chi connectivity index (χ0n) is 10.7. The summed E-state index contributed by atoms with van der Waals surface area (Å²) in [7, 11) is 0. The maximum atomic E-state index is 11.9. The van der Waals surface area contributed by atoms with E-state index in [2.05, 4.69) is 10.5 Å². The average Bonchev–Trinajstić information content (AvgIpc) is 2.77. The molecule has 2 atom stereocenters. The van der Waals surface area contributed by atoms with Crippen LogP contribution in [-0.2, 0) is 4.79 Å². The third kappa shape index (κ3) is 2.32. The van der Waals surface area contributed by atoms with Crippen molar-refractivity contribution in [2.45, 2.75) is 12.8 Å². The Hall–Kier alpha value is -2.86. The van der Waals surface area contributed by atoms with E-state index in [0.717, 1.165) is 0 Å². The maximum absolute atomic E-state index is 11.9. The van der Waals surface area contributed by atoms with Gasteiger partial charge in [-0.1, -0.05) is 12.1 Å². The van der Waals surface area contributed by atoms with Gasteiger partial charge in [0.1, 0.15) is 11.7 Å². The van der Waals surface area contributed by atoms with Gasteiger partial charge in [-0.2, -0.15) is 15.6 Å². The van der Waals surface area contributed by atoms with Crippen LogP contribution in [0, 0.1) is 34.5 Å². The molecule has 2 N–H and O–H groups in total. The molecule has 2 unspecified atom stereocenters. The number of nitrogens with zero attached hydrogens (tertiary/aromatic N) is 3. The lowest BCUT2D eigenvalue weighted by atomic mass is 9.76. The minimum absolute atomic E-state index is 0.0826. The fourth-order valence-corrected chi connectivity index (χ4v) is 2.36. The first kappa shape index (κ1) is 13.6. The van der Waals surface area contributed by atoms with Gasteiger partial charge in [0.15, 0.2) is 0 Å². The number of benzene rings is 1. The van der Waals surface area contributed by atoms with Crippen LogP contribution in [0.1, 0.15) is 18.4 Å². The van der Waals surface area contributed by atoms with E-state index in [9.17, 15) is 9.90 Å². The third-order valence-electron chi connectivity index (χ3n) is 3.35. The van der Waals surface area contributed by atoms with E-state index >= 15 is 0 Å². The Kier molecular flexibility index (Phi) is 3.67. The zero-order chi connectivity index (χ0) is 14.7. The fraction of sp³-hybridized carbons (Fsp3) is 0.286. The molecule has 0 bridgehead atoms. The monoisotopic (exact) mass is 268 g/mol. The van der Waals surface area contributed by atoms with Crippen LogP contribution in [0.25, 0.3) is 0 Å². The van der Waals surface area contributed by atoms with Crippen LogP contribution in [0.2, 0.25) is 0 Å². The predicted molar refractivity (Wildman–Crippen MR) is 70.3 cm³/mol. The van der Waals surface area contributed by atoms with Crippen molar-refractivity contribution < 1.29 is 9.90 Å². The van der Waals surface area contributed by atoms with E-state index in [1.54, 1.807) is 19.1 Å². The standard InChI is InChI=1S/C14H12N4O2/c1-8-12(14(20)18-17-8)13(10(6-15)7-16)9-2-4-11(19)5-3-9/h2-5,10,12-13,19H,1H3,(H,18,20). The Morgan fingerprint density at radius 1 is 1.30 bits per heavy atom. The first-order valence-corrected chi connectivity index (χ1v) is 6.00. The topological polar surface area (TPSA) is 109 Å². The first-order chi connectivity index (χ1) is 9.58. The van der Waals surface area contributed by atoms with Gasteiger partial charge in [-0.05, 0) is 24.6 Å². The number of rotatable bonds is 3. The predicted octanol–water partition coefficient (Wildman–Crippen LogP) is 1.26. The van der Waals surface area contributed by atoms with Gasteiger partial charge in [0.2, 0.25) is 5.91 Å². The van der Waals surface area contributed by atoms with E-state index in [0.29, 0.717) is 11.3 Å². The molecule has 100 valence electrons. The number of carbonyl (C=O) groups excluding carboxylic acids is 1. The molecule has 0 radical (unpaired) electrons. The number of amides is 1. The molecular weight excluding hydrogens is 256 g/mol. The smallest absolute Gasteiger partial charge is 0.249 e. The van der Waals surface area contributed by atoms with E-state index in [1.165, 1.54) is 12.1 Å². The second kappa shape index (κ2) is 5.41. The molecule has 2 rings (SSSR count). The molecule has 1 aliphatic heterocycles. The summed E-state index contributed by atoms with van der Waals surface area (Å²) in [5.41, 5.74) is 3.56. The van der Waals surface area contributed by atoms with E-state index in [4.69, 9.17) is 10.5 Å². The lowest BCUT2D eigenvalue weighted by Crippen LogP contribution is -2.32. The fourth-order valence-electron chi connectivity index (χ4n) is 2.36. The van der Waals surface area contributed by atoms with E-state index in [-0.39, 0.29) is 11.7 Å². The lowest BCUT2D eigenvalue weighted by molar-refractivity contribution is -0.122. The summed E-state index contributed by atoms with van der Waals surface area (Å²) in [4.78, 5) is 11.9. The molecule has 1 aliphatic rings. The van der Waals surface area contributed by atoms with E-state index in [1.807, 2.05) is 12.1 Å². The van der Waals surface area contributed by atoms with Crippen LogP contribution in [0.15, 0.2) is 29.4 Å². The summed E-state index contributed by atoms with van der Waals surface area (Å²) in [6, 6.07) is 10.0. The first-order valence-electron chi connectivity index (χ1n) is 6.00. The van der Waals surface area contributed by atoms with Crippen molar-refractivity contribution in [1.29, 1.82) is 10.5 Å². The molecule has 20 heavy (non-hydrogen) atoms. The van der Waals surface area contributed by atoms with Gasteiger partial charge in [-0.15, -0.1) is 0 Å². The number of nitriles is 2. The van der Waals surface area contributed by atoms with Gasteiger partial charge in [0.05, 0.1) is 18.1 Å². The van der Waals surface area contributed by atoms with Gasteiger partial charge in [0, 0.05) is 11.6 Å². The molecule has 6 heteroatoms.